The van der Waals surface area contributed by atoms with Crippen LogP contribution >= 0.6 is 11.8 Å². The average Bonchev–Trinajstić information content (AvgIpc) is 2.43. The van der Waals surface area contributed by atoms with Gasteiger partial charge in [0.1, 0.15) is 17.3 Å². The van der Waals surface area contributed by atoms with Gasteiger partial charge in [0.25, 0.3) is 5.69 Å². The summed E-state index contributed by atoms with van der Waals surface area (Å²) in [5, 5.41) is 11.4. The number of hydrazine groups is 1. The van der Waals surface area contributed by atoms with E-state index in [0.717, 1.165) is 5.56 Å². The number of nitrogens with two attached hydrogens (primary N) is 3. The van der Waals surface area contributed by atoms with Crippen LogP contribution in [0.25, 0.3) is 0 Å². The molecule has 0 spiro atoms. The van der Waals surface area contributed by atoms with E-state index in [2.05, 4.69) is 15.4 Å². The molecule has 0 saturated carbocycles. The molecular formula is C11H13N7O2S. The summed E-state index contributed by atoms with van der Waals surface area (Å²) in [6, 6.07) is 6.17. The zero-order chi connectivity index (χ0) is 15.4. The van der Waals surface area contributed by atoms with E-state index in [-0.39, 0.29) is 23.0 Å². The summed E-state index contributed by atoms with van der Waals surface area (Å²) in [7, 11) is 0. The quantitative estimate of drug-likeness (QED) is 0.209. The predicted molar refractivity (Wildman–Crippen MR) is 81.3 cm³/mol. The molecule has 7 N–H and O–H groups in total. The lowest BCUT2D eigenvalue weighted by atomic mass is 10.2. The molecule has 1 aromatic carbocycles. The number of aromatic nitrogens is 2. The molecule has 0 fully saturated rings. The van der Waals surface area contributed by atoms with Crippen molar-refractivity contribution < 1.29 is 4.92 Å². The fourth-order valence-electron chi connectivity index (χ4n) is 1.61. The number of nitro benzene ring substituents is 1. The summed E-state index contributed by atoms with van der Waals surface area (Å²) >= 11 is 1.28. The van der Waals surface area contributed by atoms with Crippen molar-refractivity contribution in [2.45, 2.75) is 10.9 Å². The van der Waals surface area contributed by atoms with Gasteiger partial charge in [0.2, 0.25) is 0 Å². The SMILES string of the molecule is NNc1ccc(CSc2nc(N)cc(N)n2)cc1[N+](=O)[O-]. The van der Waals surface area contributed by atoms with Crippen LogP contribution in [0.2, 0.25) is 0 Å². The van der Waals surface area contributed by atoms with Crippen molar-refractivity contribution in [2.75, 3.05) is 16.9 Å². The number of nitrogens with zero attached hydrogens (tertiary/aromatic N) is 3. The molecule has 0 amide bonds. The van der Waals surface area contributed by atoms with Gasteiger partial charge in [-0.3, -0.25) is 16.0 Å². The first-order valence-electron chi connectivity index (χ1n) is 5.76. The first-order chi connectivity index (χ1) is 9.99. The summed E-state index contributed by atoms with van der Waals surface area (Å²) in [5.41, 5.74) is 14.3. The van der Waals surface area contributed by atoms with Crippen molar-refractivity contribution in [1.29, 1.82) is 0 Å². The number of benzene rings is 1. The highest BCUT2D eigenvalue weighted by molar-refractivity contribution is 7.98. The number of nitrogen functional groups attached to an aromatic ring is 3. The van der Waals surface area contributed by atoms with E-state index < -0.39 is 4.92 Å². The van der Waals surface area contributed by atoms with Gasteiger partial charge in [-0.25, -0.2) is 9.97 Å². The van der Waals surface area contributed by atoms with E-state index in [4.69, 9.17) is 17.3 Å². The topological polar surface area (TPSA) is 159 Å². The average molecular weight is 307 g/mol. The normalized spacial score (nSPS) is 10.3. The second-order valence-corrected chi connectivity index (χ2v) is 4.98. The van der Waals surface area contributed by atoms with Gasteiger partial charge in [-0.2, -0.15) is 0 Å². The summed E-state index contributed by atoms with van der Waals surface area (Å²) in [4.78, 5) is 18.5. The first kappa shape index (κ1) is 14.8. The van der Waals surface area contributed by atoms with Crippen molar-refractivity contribution >= 4 is 34.8 Å². The number of nitro groups is 1. The number of rotatable bonds is 5. The zero-order valence-electron chi connectivity index (χ0n) is 10.8. The van der Waals surface area contributed by atoms with E-state index >= 15 is 0 Å². The molecule has 1 aromatic heterocycles. The van der Waals surface area contributed by atoms with Crippen molar-refractivity contribution in [3.05, 3.63) is 39.9 Å². The Kier molecular flexibility index (Phi) is 4.40. The molecule has 0 radical (unpaired) electrons. The zero-order valence-corrected chi connectivity index (χ0v) is 11.6. The van der Waals surface area contributed by atoms with Crippen molar-refractivity contribution in [3.8, 4) is 0 Å². The van der Waals surface area contributed by atoms with Crippen molar-refractivity contribution in [1.82, 2.24) is 9.97 Å². The van der Waals surface area contributed by atoms with Gasteiger partial charge < -0.3 is 16.9 Å². The van der Waals surface area contributed by atoms with E-state index in [0.29, 0.717) is 10.9 Å². The van der Waals surface area contributed by atoms with Crippen LogP contribution in [0.1, 0.15) is 5.56 Å². The van der Waals surface area contributed by atoms with Crippen molar-refractivity contribution in [2.24, 2.45) is 5.84 Å². The van der Waals surface area contributed by atoms with Crippen molar-refractivity contribution in [3.63, 3.8) is 0 Å². The highest BCUT2D eigenvalue weighted by Gasteiger charge is 2.14. The number of hydrogen-bond acceptors (Lipinski definition) is 9. The molecule has 0 bridgehead atoms. The Morgan fingerprint density at radius 2 is 1.90 bits per heavy atom. The predicted octanol–water partition coefficient (Wildman–Crippen LogP) is 1.13. The van der Waals surface area contributed by atoms with Gasteiger partial charge in [0.15, 0.2) is 5.16 Å². The van der Waals surface area contributed by atoms with Gasteiger partial charge in [0, 0.05) is 17.9 Å². The molecule has 0 saturated heterocycles. The molecule has 110 valence electrons. The fourth-order valence-corrected chi connectivity index (χ4v) is 2.43. The second-order valence-electron chi connectivity index (χ2n) is 4.04. The van der Waals surface area contributed by atoms with Crippen LogP contribution in [0.15, 0.2) is 29.4 Å². The largest absolute Gasteiger partial charge is 0.383 e. The first-order valence-corrected chi connectivity index (χ1v) is 6.75. The number of nitrogens with one attached hydrogen (secondary N) is 1. The molecule has 0 aliphatic rings. The van der Waals surface area contributed by atoms with Crippen LogP contribution in [-0.2, 0) is 5.75 Å². The Bertz CT molecular complexity index is 659. The molecule has 2 aromatic rings. The second kappa shape index (κ2) is 6.24. The van der Waals surface area contributed by atoms with E-state index in [9.17, 15) is 10.1 Å². The highest BCUT2D eigenvalue weighted by Crippen LogP contribution is 2.28. The number of anilines is 3. The van der Waals surface area contributed by atoms with Crippen LogP contribution in [0, 0.1) is 10.1 Å². The Morgan fingerprint density at radius 1 is 1.24 bits per heavy atom. The third-order valence-corrected chi connectivity index (χ3v) is 3.45. The summed E-state index contributed by atoms with van der Waals surface area (Å²) in [6.07, 6.45) is 0. The maximum Gasteiger partial charge on any atom is 0.293 e. The van der Waals surface area contributed by atoms with Gasteiger partial charge in [-0.15, -0.1) is 0 Å². The molecule has 1 heterocycles. The molecular weight excluding hydrogens is 294 g/mol. The Labute approximate surface area is 124 Å². The fraction of sp³-hybridized carbons (Fsp3) is 0.0909. The molecule has 0 unspecified atom stereocenters. The Morgan fingerprint density at radius 3 is 2.48 bits per heavy atom. The maximum atomic E-state index is 10.9. The summed E-state index contributed by atoms with van der Waals surface area (Å²) < 4.78 is 0. The molecule has 0 aliphatic heterocycles. The standard InChI is InChI=1S/C11H13N7O2S/c12-9-4-10(13)16-11(15-9)21-5-6-1-2-7(17-14)8(3-6)18(19)20/h1-4,17H,5,14H2,(H4,12,13,15,16). The minimum absolute atomic E-state index is 0.0939. The number of hydrogen-bond donors (Lipinski definition) is 4. The van der Waals surface area contributed by atoms with E-state index in [1.807, 2.05) is 0 Å². The third-order valence-electron chi connectivity index (χ3n) is 2.53. The minimum Gasteiger partial charge on any atom is -0.383 e. The van der Waals surface area contributed by atoms with Crippen LogP contribution < -0.4 is 22.7 Å². The van der Waals surface area contributed by atoms with Gasteiger partial charge in [-0.1, -0.05) is 17.8 Å². The lowest BCUT2D eigenvalue weighted by Crippen LogP contribution is -2.09. The Hall–Kier alpha value is -2.59. The van der Waals surface area contributed by atoms with E-state index in [1.165, 1.54) is 23.9 Å². The van der Waals surface area contributed by atoms with Gasteiger partial charge >= 0.3 is 0 Å². The number of thioether (sulfide) groups is 1. The maximum absolute atomic E-state index is 10.9. The Balaban J connectivity index is 2.16. The van der Waals surface area contributed by atoms with Gasteiger partial charge in [0.05, 0.1) is 4.92 Å². The minimum atomic E-state index is -0.502. The third kappa shape index (κ3) is 3.70. The van der Waals surface area contributed by atoms with Crippen LogP contribution in [-0.4, -0.2) is 14.9 Å². The lowest BCUT2D eigenvalue weighted by molar-refractivity contribution is -0.384. The smallest absolute Gasteiger partial charge is 0.293 e. The molecule has 10 heteroatoms. The van der Waals surface area contributed by atoms with Crippen LogP contribution in [0.5, 0.6) is 0 Å². The molecule has 2 rings (SSSR count). The van der Waals surface area contributed by atoms with E-state index in [1.54, 1.807) is 12.1 Å². The highest BCUT2D eigenvalue weighted by atomic mass is 32.2. The summed E-state index contributed by atoms with van der Waals surface area (Å²) in [5.74, 6) is 6.22. The summed E-state index contributed by atoms with van der Waals surface area (Å²) in [6.45, 7) is 0. The van der Waals surface area contributed by atoms with Crippen LogP contribution in [0.4, 0.5) is 23.0 Å². The van der Waals surface area contributed by atoms with Crippen LogP contribution in [0.3, 0.4) is 0 Å². The monoisotopic (exact) mass is 307 g/mol. The molecule has 9 nitrogen and oxygen atoms in total. The lowest BCUT2D eigenvalue weighted by Gasteiger charge is -2.05. The van der Waals surface area contributed by atoms with Gasteiger partial charge in [-0.05, 0) is 11.6 Å². The molecule has 0 atom stereocenters. The molecule has 21 heavy (non-hydrogen) atoms. The molecule has 0 aliphatic carbocycles.